The van der Waals surface area contributed by atoms with Gasteiger partial charge in [0, 0.05) is 0 Å². The third-order valence-corrected chi connectivity index (χ3v) is 3.79. The third-order valence-electron chi connectivity index (χ3n) is 3.79. The van der Waals surface area contributed by atoms with Gasteiger partial charge in [0.2, 0.25) is 0 Å². The second kappa shape index (κ2) is 4.64. The minimum atomic E-state index is -4.51. The number of fused-ring (bicyclic) bond motifs is 2. The molecule has 104 valence electrons. The van der Waals surface area contributed by atoms with Crippen LogP contribution in [0.5, 0.6) is 0 Å². The smallest absolute Gasteiger partial charge is 0.371 e. The summed E-state index contributed by atoms with van der Waals surface area (Å²) >= 11 is 0. The molecule has 2 unspecified atom stereocenters. The van der Waals surface area contributed by atoms with Crippen LogP contribution in [0, 0.1) is 11.3 Å². The summed E-state index contributed by atoms with van der Waals surface area (Å²) in [6.07, 6.45) is 0.0545. The fourth-order valence-corrected chi connectivity index (χ4v) is 2.83. The largest absolute Gasteiger partial charge is 0.417 e. The molecule has 1 aromatic carbocycles. The summed E-state index contributed by atoms with van der Waals surface area (Å²) < 4.78 is 44.5. The minimum absolute atomic E-state index is 0.0220. The summed E-state index contributed by atoms with van der Waals surface area (Å²) in [5.41, 5.74) is 0.226. The molecule has 3 rings (SSSR count). The number of nitrogens with zero attached hydrogens (tertiary/aromatic N) is 1. The van der Waals surface area contributed by atoms with Crippen LogP contribution in [0.3, 0.4) is 0 Å². The Morgan fingerprint density at radius 3 is 2.70 bits per heavy atom. The zero-order valence-electron chi connectivity index (χ0n) is 10.6. The highest BCUT2D eigenvalue weighted by atomic mass is 19.4. The maximum Gasteiger partial charge on any atom is 0.417 e. The standard InChI is InChI=1S/C15H12F3NO/c16-15(17,18)14-7-9(1-2-10(14)8-19)11-5-12-3-4-13(6-11)20-12/h1-2,5,7,12-13H,3-4,6H2. The number of alkyl halides is 3. The number of halogens is 3. The summed E-state index contributed by atoms with van der Waals surface area (Å²) in [4.78, 5) is 0. The average molecular weight is 279 g/mol. The average Bonchev–Trinajstić information content (AvgIpc) is 2.75. The lowest BCUT2D eigenvalue weighted by atomic mass is 9.94. The van der Waals surface area contributed by atoms with Gasteiger partial charge in [0.1, 0.15) is 0 Å². The van der Waals surface area contributed by atoms with Crippen molar-refractivity contribution in [3.63, 3.8) is 0 Å². The highest BCUT2D eigenvalue weighted by molar-refractivity contribution is 5.69. The number of ether oxygens (including phenoxy) is 1. The normalized spacial score (nSPS) is 25.2. The van der Waals surface area contributed by atoms with Crippen molar-refractivity contribution >= 4 is 5.57 Å². The lowest BCUT2D eigenvalue weighted by Gasteiger charge is -2.21. The number of hydrogen-bond donors (Lipinski definition) is 0. The van der Waals surface area contributed by atoms with Gasteiger partial charge < -0.3 is 4.74 Å². The molecule has 2 heterocycles. The van der Waals surface area contributed by atoms with E-state index in [1.54, 1.807) is 12.1 Å². The second-order valence-electron chi connectivity index (χ2n) is 5.14. The van der Waals surface area contributed by atoms with Crippen molar-refractivity contribution in [1.82, 2.24) is 0 Å². The zero-order valence-corrected chi connectivity index (χ0v) is 10.6. The van der Waals surface area contributed by atoms with Crippen LogP contribution in [0.1, 0.15) is 36.0 Å². The van der Waals surface area contributed by atoms with Crippen molar-refractivity contribution < 1.29 is 17.9 Å². The number of rotatable bonds is 1. The fourth-order valence-electron chi connectivity index (χ4n) is 2.83. The van der Waals surface area contributed by atoms with E-state index >= 15 is 0 Å². The Labute approximate surface area is 114 Å². The monoisotopic (exact) mass is 279 g/mol. The minimum Gasteiger partial charge on any atom is -0.371 e. The Bertz CT molecular complexity index is 613. The van der Waals surface area contributed by atoms with E-state index < -0.39 is 11.7 Å². The van der Waals surface area contributed by atoms with Gasteiger partial charge in [-0.15, -0.1) is 0 Å². The zero-order chi connectivity index (χ0) is 14.3. The molecule has 1 saturated heterocycles. The van der Waals surface area contributed by atoms with Gasteiger partial charge in [-0.25, -0.2) is 0 Å². The molecule has 5 heteroatoms. The first-order valence-electron chi connectivity index (χ1n) is 6.45. The second-order valence-corrected chi connectivity index (χ2v) is 5.14. The SMILES string of the molecule is N#Cc1ccc(C2=CC3CCC(C2)O3)cc1C(F)(F)F. The highest BCUT2D eigenvalue weighted by Crippen LogP contribution is 2.38. The van der Waals surface area contributed by atoms with E-state index in [1.807, 2.05) is 6.08 Å². The molecule has 0 amide bonds. The highest BCUT2D eigenvalue weighted by Gasteiger charge is 2.35. The molecule has 2 bridgehead atoms. The Balaban J connectivity index is 2.02. The van der Waals surface area contributed by atoms with E-state index in [-0.39, 0.29) is 17.8 Å². The van der Waals surface area contributed by atoms with Gasteiger partial charge in [0.25, 0.3) is 0 Å². The molecule has 1 aromatic rings. The van der Waals surface area contributed by atoms with E-state index in [4.69, 9.17) is 10.00 Å². The van der Waals surface area contributed by atoms with Crippen LogP contribution in [-0.4, -0.2) is 12.2 Å². The Kier molecular flexibility index (Phi) is 3.06. The van der Waals surface area contributed by atoms with Gasteiger partial charge in [0.15, 0.2) is 0 Å². The Morgan fingerprint density at radius 2 is 2.05 bits per heavy atom. The van der Waals surface area contributed by atoms with Crippen LogP contribution >= 0.6 is 0 Å². The van der Waals surface area contributed by atoms with Crippen LogP contribution in [0.15, 0.2) is 24.3 Å². The quantitative estimate of drug-likeness (QED) is 0.780. The Morgan fingerprint density at radius 1 is 1.25 bits per heavy atom. The molecule has 0 aliphatic carbocycles. The fraction of sp³-hybridized carbons (Fsp3) is 0.400. The summed E-state index contributed by atoms with van der Waals surface area (Å²) in [5, 5.41) is 8.79. The first-order chi connectivity index (χ1) is 9.47. The van der Waals surface area contributed by atoms with Crippen molar-refractivity contribution in [3.05, 3.63) is 41.0 Å². The molecule has 2 aliphatic rings. The number of nitriles is 1. The van der Waals surface area contributed by atoms with Crippen LogP contribution in [0.2, 0.25) is 0 Å². The molecule has 2 nitrogen and oxygen atoms in total. The maximum absolute atomic E-state index is 13.0. The summed E-state index contributed by atoms with van der Waals surface area (Å²) in [6, 6.07) is 5.51. The van der Waals surface area contributed by atoms with Crippen molar-refractivity contribution in [2.75, 3.05) is 0 Å². The van der Waals surface area contributed by atoms with E-state index in [1.165, 1.54) is 6.07 Å². The van der Waals surface area contributed by atoms with Gasteiger partial charge in [-0.2, -0.15) is 18.4 Å². The van der Waals surface area contributed by atoms with Gasteiger partial charge in [-0.05, 0) is 42.5 Å². The molecule has 0 spiro atoms. The predicted molar refractivity (Wildman–Crippen MR) is 66.6 cm³/mol. The summed E-state index contributed by atoms with van der Waals surface area (Å²) in [7, 11) is 0. The summed E-state index contributed by atoms with van der Waals surface area (Å²) in [5.74, 6) is 0. The van der Waals surface area contributed by atoms with Gasteiger partial charge in [0.05, 0.1) is 29.4 Å². The Hall–Kier alpha value is -1.80. The molecule has 1 fully saturated rings. The van der Waals surface area contributed by atoms with Crippen molar-refractivity contribution in [3.8, 4) is 6.07 Å². The van der Waals surface area contributed by atoms with Gasteiger partial charge >= 0.3 is 6.18 Å². The molecule has 2 aliphatic heterocycles. The van der Waals surface area contributed by atoms with E-state index in [9.17, 15) is 13.2 Å². The lowest BCUT2D eigenvalue weighted by Crippen LogP contribution is -2.16. The molecule has 0 N–H and O–H groups in total. The predicted octanol–water partition coefficient (Wildman–Crippen LogP) is 3.91. The van der Waals surface area contributed by atoms with Crippen LogP contribution in [-0.2, 0) is 10.9 Å². The van der Waals surface area contributed by atoms with Gasteiger partial charge in [-0.3, -0.25) is 0 Å². The first kappa shape index (κ1) is 13.2. The van der Waals surface area contributed by atoms with Gasteiger partial charge in [-0.1, -0.05) is 12.1 Å². The molecule has 0 radical (unpaired) electrons. The molecule has 2 atom stereocenters. The lowest BCUT2D eigenvalue weighted by molar-refractivity contribution is -0.137. The molecular weight excluding hydrogens is 267 g/mol. The van der Waals surface area contributed by atoms with Crippen LogP contribution in [0.4, 0.5) is 13.2 Å². The van der Waals surface area contributed by atoms with E-state index in [2.05, 4.69) is 0 Å². The van der Waals surface area contributed by atoms with Crippen molar-refractivity contribution in [1.29, 1.82) is 5.26 Å². The van der Waals surface area contributed by atoms with Crippen molar-refractivity contribution in [2.45, 2.75) is 37.6 Å². The van der Waals surface area contributed by atoms with Crippen molar-refractivity contribution in [2.24, 2.45) is 0 Å². The molecule has 0 saturated carbocycles. The molecule has 0 aromatic heterocycles. The van der Waals surface area contributed by atoms with E-state index in [0.717, 1.165) is 24.5 Å². The number of hydrogen-bond acceptors (Lipinski definition) is 2. The first-order valence-corrected chi connectivity index (χ1v) is 6.45. The topological polar surface area (TPSA) is 33.0 Å². The molecule has 20 heavy (non-hydrogen) atoms. The van der Waals surface area contributed by atoms with Crippen LogP contribution in [0.25, 0.3) is 5.57 Å². The molecular formula is C15H12F3NO. The number of benzene rings is 1. The maximum atomic E-state index is 13.0. The third kappa shape index (κ3) is 2.32. The van der Waals surface area contributed by atoms with E-state index in [0.29, 0.717) is 12.0 Å². The van der Waals surface area contributed by atoms with Crippen LogP contribution < -0.4 is 0 Å². The summed E-state index contributed by atoms with van der Waals surface area (Å²) in [6.45, 7) is 0.